The first-order valence-electron chi connectivity index (χ1n) is 7.40. The number of aromatic amines is 1. The average molecular weight is 307 g/mol. The van der Waals surface area contributed by atoms with Gasteiger partial charge in [0, 0.05) is 24.5 Å². The van der Waals surface area contributed by atoms with Gasteiger partial charge in [-0.2, -0.15) is 9.97 Å². The van der Waals surface area contributed by atoms with E-state index in [1.807, 2.05) is 18.2 Å². The van der Waals surface area contributed by atoms with Crippen molar-refractivity contribution in [3.63, 3.8) is 0 Å². The third-order valence-corrected chi connectivity index (χ3v) is 3.54. The molecule has 0 aliphatic heterocycles. The largest absolute Gasteiger partial charge is 0.353 e. The van der Waals surface area contributed by atoms with Crippen LogP contribution in [0.15, 0.2) is 59.7 Å². The van der Waals surface area contributed by atoms with E-state index in [1.165, 1.54) is 5.56 Å². The van der Waals surface area contributed by atoms with Crippen molar-refractivity contribution in [2.75, 3.05) is 11.9 Å². The standard InChI is InChI=1S/C17H17N5O/c1-12(13-5-3-2-4-6-13)11-19-16-20-15(21-17(23)22-16)14-7-9-18-10-8-14/h2-10,12H,11H2,1H3,(H2,19,20,21,22,23). The first-order chi connectivity index (χ1) is 11.2. The molecule has 1 aromatic carbocycles. The number of anilines is 1. The van der Waals surface area contributed by atoms with Crippen LogP contribution in [0.1, 0.15) is 18.4 Å². The van der Waals surface area contributed by atoms with Crippen LogP contribution in [0.25, 0.3) is 11.4 Å². The molecule has 2 aromatic heterocycles. The Morgan fingerprint density at radius 1 is 1.09 bits per heavy atom. The number of aromatic nitrogens is 4. The fourth-order valence-electron chi connectivity index (χ4n) is 2.25. The predicted molar refractivity (Wildman–Crippen MR) is 89.2 cm³/mol. The lowest BCUT2D eigenvalue weighted by atomic mass is 10.0. The molecule has 23 heavy (non-hydrogen) atoms. The minimum absolute atomic E-state index is 0.281. The maximum Gasteiger partial charge on any atom is 0.349 e. The van der Waals surface area contributed by atoms with Crippen molar-refractivity contribution in [1.82, 2.24) is 19.9 Å². The summed E-state index contributed by atoms with van der Waals surface area (Å²) < 4.78 is 0. The number of H-pyrrole nitrogens is 1. The van der Waals surface area contributed by atoms with Crippen LogP contribution in [0.4, 0.5) is 5.95 Å². The van der Waals surface area contributed by atoms with Crippen LogP contribution in [-0.2, 0) is 0 Å². The molecule has 0 amide bonds. The second-order valence-corrected chi connectivity index (χ2v) is 5.25. The fraction of sp³-hybridized carbons (Fsp3) is 0.176. The van der Waals surface area contributed by atoms with E-state index in [1.54, 1.807) is 24.5 Å². The maximum atomic E-state index is 11.7. The van der Waals surface area contributed by atoms with Crippen molar-refractivity contribution >= 4 is 5.95 Å². The minimum Gasteiger partial charge on any atom is -0.353 e. The highest BCUT2D eigenvalue weighted by molar-refractivity contribution is 5.54. The molecule has 1 unspecified atom stereocenters. The summed E-state index contributed by atoms with van der Waals surface area (Å²) in [6.45, 7) is 2.75. The van der Waals surface area contributed by atoms with E-state index < -0.39 is 5.69 Å². The molecule has 0 spiro atoms. The molecule has 0 bridgehead atoms. The molecule has 6 heteroatoms. The number of hydrogen-bond acceptors (Lipinski definition) is 5. The van der Waals surface area contributed by atoms with Crippen LogP contribution in [0.3, 0.4) is 0 Å². The molecule has 0 fully saturated rings. The van der Waals surface area contributed by atoms with Gasteiger partial charge in [0.1, 0.15) is 5.82 Å². The van der Waals surface area contributed by atoms with Crippen LogP contribution >= 0.6 is 0 Å². The number of pyridine rings is 1. The van der Waals surface area contributed by atoms with Crippen molar-refractivity contribution in [2.45, 2.75) is 12.8 Å². The molecular weight excluding hydrogens is 290 g/mol. The van der Waals surface area contributed by atoms with Crippen LogP contribution in [0.5, 0.6) is 0 Å². The highest BCUT2D eigenvalue weighted by atomic mass is 16.1. The normalized spacial score (nSPS) is 11.9. The second kappa shape index (κ2) is 6.83. The van der Waals surface area contributed by atoms with E-state index in [0.717, 1.165) is 5.56 Å². The molecule has 0 saturated heterocycles. The molecule has 0 saturated carbocycles. The molecule has 116 valence electrons. The third kappa shape index (κ3) is 3.79. The molecule has 0 radical (unpaired) electrons. The van der Waals surface area contributed by atoms with Gasteiger partial charge in [-0.1, -0.05) is 37.3 Å². The Bertz CT molecular complexity index is 817. The lowest BCUT2D eigenvalue weighted by Gasteiger charge is -2.13. The summed E-state index contributed by atoms with van der Waals surface area (Å²) in [5.74, 6) is 1.08. The topological polar surface area (TPSA) is 83.6 Å². The van der Waals surface area contributed by atoms with Crippen LogP contribution < -0.4 is 11.0 Å². The average Bonchev–Trinajstić information content (AvgIpc) is 2.61. The zero-order valence-corrected chi connectivity index (χ0v) is 12.7. The Labute approximate surface area is 133 Å². The smallest absolute Gasteiger partial charge is 0.349 e. The first kappa shape index (κ1) is 14.9. The molecule has 2 heterocycles. The van der Waals surface area contributed by atoms with Gasteiger partial charge < -0.3 is 5.32 Å². The molecule has 3 aromatic rings. The van der Waals surface area contributed by atoms with Gasteiger partial charge in [0.2, 0.25) is 5.95 Å². The number of hydrogen-bond donors (Lipinski definition) is 2. The Morgan fingerprint density at radius 3 is 2.57 bits per heavy atom. The summed E-state index contributed by atoms with van der Waals surface area (Å²) >= 11 is 0. The van der Waals surface area contributed by atoms with Gasteiger partial charge in [-0.3, -0.25) is 9.97 Å². The van der Waals surface area contributed by atoms with E-state index >= 15 is 0 Å². The highest BCUT2D eigenvalue weighted by Crippen LogP contribution is 2.16. The molecular formula is C17H17N5O. The van der Waals surface area contributed by atoms with Crippen LogP contribution in [-0.4, -0.2) is 26.5 Å². The lowest BCUT2D eigenvalue weighted by Crippen LogP contribution is -2.19. The van der Waals surface area contributed by atoms with Crippen molar-refractivity contribution in [3.05, 3.63) is 70.9 Å². The Balaban J connectivity index is 1.76. The van der Waals surface area contributed by atoms with E-state index in [9.17, 15) is 4.79 Å². The first-order valence-corrected chi connectivity index (χ1v) is 7.40. The number of nitrogens with zero attached hydrogens (tertiary/aromatic N) is 3. The highest BCUT2D eigenvalue weighted by Gasteiger charge is 2.08. The van der Waals surface area contributed by atoms with Crippen molar-refractivity contribution < 1.29 is 0 Å². The summed E-state index contributed by atoms with van der Waals surface area (Å²) in [7, 11) is 0. The van der Waals surface area contributed by atoms with Gasteiger partial charge >= 0.3 is 5.69 Å². The SMILES string of the molecule is CC(CNc1nc(-c2ccncc2)[nH]c(=O)n1)c1ccccc1. The number of nitrogens with one attached hydrogen (secondary N) is 2. The van der Waals surface area contributed by atoms with Gasteiger partial charge in [-0.25, -0.2) is 4.79 Å². The molecule has 1 atom stereocenters. The second-order valence-electron chi connectivity index (χ2n) is 5.25. The summed E-state index contributed by atoms with van der Waals surface area (Å²) in [5, 5.41) is 3.14. The zero-order chi connectivity index (χ0) is 16.1. The molecule has 6 nitrogen and oxygen atoms in total. The summed E-state index contributed by atoms with van der Waals surface area (Å²) in [6, 6.07) is 13.7. The molecule has 2 N–H and O–H groups in total. The summed E-state index contributed by atoms with van der Waals surface area (Å²) in [6.07, 6.45) is 3.31. The third-order valence-electron chi connectivity index (χ3n) is 3.54. The fourth-order valence-corrected chi connectivity index (χ4v) is 2.25. The molecule has 3 rings (SSSR count). The van der Waals surface area contributed by atoms with Crippen LogP contribution in [0, 0.1) is 0 Å². The quantitative estimate of drug-likeness (QED) is 0.756. The van der Waals surface area contributed by atoms with E-state index in [0.29, 0.717) is 18.3 Å². The van der Waals surface area contributed by atoms with Gasteiger partial charge in [-0.15, -0.1) is 0 Å². The Hall–Kier alpha value is -3.02. The molecule has 0 aliphatic rings. The Morgan fingerprint density at radius 2 is 1.83 bits per heavy atom. The van der Waals surface area contributed by atoms with E-state index in [2.05, 4.69) is 44.3 Å². The van der Waals surface area contributed by atoms with Gasteiger partial charge in [-0.05, 0) is 23.6 Å². The lowest BCUT2D eigenvalue weighted by molar-refractivity contribution is 0.793. The van der Waals surface area contributed by atoms with Crippen molar-refractivity contribution in [3.8, 4) is 11.4 Å². The Kier molecular flexibility index (Phi) is 4.42. The molecule has 0 aliphatic carbocycles. The summed E-state index contributed by atoms with van der Waals surface area (Å²) in [4.78, 5) is 26.6. The van der Waals surface area contributed by atoms with E-state index in [-0.39, 0.29) is 5.92 Å². The number of rotatable bonds is 5. The monoisotopic (exact) mass is 307 g/mol. The van der Waals surface area contributed by atoms with Gasteiger partial charge in [0.15, 0.2) is 0 Å². The van der Waals surface area contributed by atoms with E-state index in [4.69, 9.17) is 0 Å². The van der Waals surface area contributed by atoms with Crippen LogP contribution in [0.2, 0.25) is 0 Å². The minimum atomic E-state index is -0.429. The summed E-state index contributed by atoms with van der Waals surface area (Å²) in [5.41, 5.74) is 1.58. The zero-order valence-electron chi connectivity index (χ0n) is 12.7. The van der Waals surface area contributed by atoms with Gasteiger partial charge in [0.05, 0.1) is 0 Å². The van der Waals surface area contributed by atoms with Crippen molar-refractivity contribution in [1.29, 1.82) is 0 Å². The van der Waals surface area contributed by atoms with Crippen molar-refractivity contribution in [2.24, 2.45) is 0 Å². The number of benzene rings is 1. The predicted octanol–water partition coefficient (Wildman–Crippen LogP) is 2.44. The van der Waals surface area contributed by atoms with Gasteiger partial charge in [0.25, 0.3) is 0 Å². The maximum absolute atomic E-state index is 11.7.